The summed E-state index contributed by atoms with van der Waals surface area (Å²) in [5, 5.41) is 12.3. The molecule has 114 valence electrons. The summed E-state index contributed by atoms with van der Waals surface area (Å²) in [6.07, 6.45) is 1.66. The van der Waals surface area contributed by atoms with Gasteiger partial charge in [0.25, 0.3) is 10.9 Å². The second-order valence-corrected chi connectivity index (χ2v) is 4.91. The standard InChI is InChI=1S/C13H16ClN3O4/c1-2-3-8(15)6-12(18)16-11-5-4-9(17(20)21)7-10(11)13(14)19/h4-5,7-8H,2-3,6,15H2,1H3,(H,16,18). The molecule has 0 aromatic heterocycles. The van der Waals surface area contributed by atoms with Crippen molar-refractivity contribution >= 4 is 34.1 Å². The number of halogens is 1. The number of nitro benzene ring substituents is 1. The summed E-state index contributed by atoms with van der Waals surface area (Å²) in [5.74, 6) is -0.371. The molecule has 0 fully saturated rings. The van der Waals surface area contributed by atoms with Gasteiger partial charge in [0.1, 0.15) is 0 Å². The van der Waals surface area contributed by atoms with Crippen molar-refractivity contribution in [3.05, 3.63) is 33.9 Å². The summed E-state index contributed by atoms with van der Waals surface area (Å²) >= 11 is 5.39. The Bertz CT molecular complexity index is 562. The third-order valence-electron chi connectivity index (χ3n) is 2.81. The molecule has 3 N–H and O–H groups in total. The average Bonchev–Trinajstić information content (AvgIpc) is 2.38. The fourth-order valence-corrected chi connectivity index (χ4v) is 1.99. The summed E-state index contributed by atoms with van der Waals surface area (Å²) < 4.78 is 0. The average molecular weight is 314 g/mol. The fourth-order valence-electron chi connectivity index (χ4n) is 1.83. The number of non-ortho nitro benzene ring substituents is 1. The van der Waals surface area contributed by atoms with Crippen LogP contribution in [0.5, 0.6) is 0 Å². The van der Waals surface area contributed by atoms with Gasteiger partial charge in [0.2, 0.25) is 5.91 Å². The van der Waals surface area contributed by atoms with E-state index in [-0.39, 0.29) is 35.3 Å². The molecule has 1 unspecified atom stereocenters. The lowest BCUT2D eigenvalue weighted by Gasteiger charge is -2.12. The Kier molecular flexibility index (Phi) is 6.26. The number of rotatable bonds is 7. The van der Waals surface area contributed by atoms with Crippen molar-refractivity contribution in [2.45, 2.75) is 32.2 Å². The molecule has 1 amide bonds. The molecule has 0 saturated carbocycles. The molecule has 8 heteroatoms. The van der Waals surface area contributed by atoms with Gasteiger partial charge in [-0.25, -0.2) is 0 Å². The van der Waals surface area contributed by atoms with Crippen molar-refractivity contribution in [1.29, 1.82) is 0 Å². The molecule has 0 aliphatic carbocycles. The Labute approximate surface area is 126 Å². The maximum Gasteiger partial charge on any atom is 0.270 e. The van der Waals surface area contributed by atoms with Crippen LogP contribution in [0.1, 0.15) is 36.5 Å². The predicted octanol–water partition coefficient (Wildman–Crippen LogP) is 2.43. The van der Waals surface area contributed by atoms with E-state index in [1.54, 1.807) is 0 Å². The molecule has 1 aromatic rings. The molecule has 0 heterocycles. The molecule has 0 saturated heterocycles. The Morgan fingerprint density at radius 3 is 2.67 bits per heavy atom. The third-order valence-corrected chi connectivity index (χ3v) is 3.01. The minimum atomic E-state index is -0.883. The zero-order valence-corrected chi connectivity index (χ0v) is 12.2. The maximum absolute atomic E-state index is 11.8. The molecule has 0 aliphatic heterocycles. The first kappa shape index (κ1) is 17.1. The predicted molar refractivity (Wildman–Crippen MR) is 79.4 cm³/mol. The SMILES string of the molecule is CCCC(N)CC(=O)Nc1ccc([N+](=O)[O-])cc1C(=O)Cl. The first-order valence-corrected chi connectivity index (χ1v) is 6.76. The van der Waals surface area contributed by atoms with Gasteiger partial charge in [0.05, 0.1) is 16.2 Å². The van der Waals surface area contributed by atoms with Crippen molar-refractivity contribution in [3.63, 3.8) is 0 Å². The van der Waals surface area contributed by atoms with Gasteiger partial charge in [0, 0.05) is 24.6 Å². The van der Waals surface area contributed by atoms with Crippen LogP contribution in [-0.2, 0) is 4.79 Å². The van der Waals surface area contributed by atoms with Crippen LogP contribution in [-0.4, -0.2) is 22.1 Å². The van der Waals surface area contributed by atoms with Crippen LogP contribution in [0.3, 0.4) is 0 Å². The summed E-state index contributed by atoms with van der Waals surface area (Å²) in [5.41, 5.74) is 5.49. The van der Waals surface area contributed by atoms with Crippen molar-refractivity contribution in [1.82, 2.24) is 0 Å². The largest absolute Gasteiger partial charge is 0.327 e. The molecule has 1 atom stereocenters. The Balaban J connectivity index is 2.90. The van der Waals surface area contributed by atoms with Crippen LogP contribution in [0.4, 0.5) is 11.4 Å². The third kappa shape index (κ3) is 5.13. The lowest BCUT2D eigenvalue weighted by atomic mass is 10.1. The van der Waals surface area contributed by atoms with Crippen LogP contribution in [0.15, 0.2) is 18.2 Å². The number of nitrogens with one attached hydrogen (secondary N) is 1. The normalized spacial score (nSPS) is 11.8. The zero-order chi connectivity index (χ0) is 16.0. The van der Waals surface area contributed by atoms with Gasteiger partial charge < -0.3 is 11.1 Å². The van der Waals surface area contributed by atoms with Crippen molar-refractivity contribution in [2.24, 2.45) is 5.73 Å². The van der Waals surface area contributed by atoms with E-state index < -0.39 is 10.2 Å². The molecular weight excluding hydrogens is 298 g/mol. The number of benzene rings is 1. The minimum Gasteiger partial charge on any atom is -0.327 e. The molecule has 7 nitrogen and oxygen atoms in total. The first-order chi connectivity index (χ1) is 9.85. The second kappa shape index (κ2) is 7.70. The summed E-state index contributed by atoms with van der Waals surface area (Å²) in [6.45, 7) is 1.96. The van der Waals surface area contributed by atoms with Gasteiger partial charge in [-0.15, -0.1) is 0 Å². The van der Waals surface area contributed by atoms with Crippen LogP contribution < -0.4 is 11.1 Å². The van der Waals surface area contributed by atoms with Crippen LogP contribution in [0.2, 0.25) is 0 Å². The van der Waals surface area contributed by atoms with Crippen LogP contribution in [0.25, 0.3) is 0 Å². The maximum atomic E-state index is 11.8. The fraction of sp³-hybridized carbons (Fsp3) is 0.385. The lowest BCUT2D eigenvalue weighted by Crippen LogP contribution is -2.27. The van der Waals surface area contributed by atoms with E-state index in [4.69, 9.17) is 17.3 Å². The van der Waals surface area contributed by atoms with E-state index in [0.717, 1.165) is 12.5 Å². The highest BCUT2D eigenvalue weighted by Gasteiger charge is 2.17. The van der Waals surface area contributed by atoms with E-state index in [1.165, 1.54) is 12.1 Å². The van der Waals surface area contributed by atoms with E-state index in [0.29, 0.717) is 6.42 Å². The molecular formula is C13H16ClN3O4. The molecule has 21 heavy (non-hydrogen) atoms. The number of carbonyl (C=O) groups excluding carboxylic acids is 2. The van der Waals surface area contributed by atoms with E-state index in [2.05, 4.69) is 5.32 Å². The summed E-state index contributed by atoms with van der Waals surface area (Å²) in [6, 6.07) is 3.21. The highest BCUT2D eigenvalue weighted by atomic mass is 35.5. The monoisotopic (exact) mass is 313 g/mol. The van der Waals surface area contributed by atoms with Gasteiger partial charge in [-0.05, 0) is 24.1 Å². The van der Waals surface area contributed by atoms with Crippen LogP contribution >= 0.6 is 11.6 Å². The van der Waals surface area contributed by atoms with Crippen LogP contribution in [0, 0.1) is 10.1 Å². The molecule has 0 bridgehead atoms. The van der Waals surface area contributed by atoms with E-state index in [9.17, 15) is 19.7 Å². The van der Waals surface area contributed by atoms with Gasteiger partial charge in [0.15, 0.2) is 0 Å². The van der Waals surface area contributed by atoms with Crippen molar-refractivity contribution in [3.8, 4) is 0 Å². The summed E-state index contributed by atoms with van der Waals surface area (Å²) in [7, 11) is 0. The highest BCUT2D eigenvalue weighted by Crippen LogP contribution is 2.24. The second-order valence-electron chi connectivity index (χ2n) is 4.56. The van der Waals surface area contributed by atoms with Gasteiger partial charge in [-0.1, -0.05) is 13.3 Å². The zero-order valence-electron chi connectivity index (χ0n) is 11.5. The van der Waals surface area contributed by atoms with Crippen molar-refractivity contribution < 1.29 is 14.5 Å². The topological polar surface area (TPSA) is 115 Å². The number of amides is 1. The Morgan fingerprint density at radius 1 is 1.48 bits per heavy atom. The number of nitrogens with two attached hydrogens (primary N) is 1. The number of nitrogens with zero attached hydrogens (tertiary/aromatic N) is 1. The number of nitro groups is 1. The first-order valence-electron chi connectivity index (χ1n) is 6.38. The van der Waals surface area contributed by atoms with Gasteiger partial charge >= 0.3 is 0 Å². The quantitative estimate of drug-likeness (QED) is 0.455. The lowest BCUT2D eigenvalue weighted by molar-refractivity contribution is -0.384. The van der Waals surface area contributed by atoms with Gasteiger partial charge in [-0.2, -0.15) is 0 Å². The van der Waals surface area contributed by atoms with E-state index >= 15 is 0 Å². The smallest absolute Gasteiger partial charge is 0.270 e. The number of anilines is 1. The Morgan fingerprint density at radius 2 is 2.14 bits per heavy atom. The number of hydrogen-bond donors (Lipinski definition) is 2. The summed E-state index contributed by atoms with van der Waals surface area (Å²) in [4.78, 5) is 33.2. The number of carbonyl (C=O) groups is 2. The molecule has 0 radical (unpaired) electrons. The Hall–Kier alpha value is -1.99. The number of hydrogen-bond acceptors (Lipinski definition) is 5. The van der Waals surface area contributed by atoms with Crippen molar-refractivity contribution in [2.75, 3.05) is 5.32 Å². The molecule has 1 rings (SSSR count). The highest BCUT2D eigenvalue weighted by molar-refractivity contribution is 6.68. The minimum absolute atomic E-state index is 0.0980. The molecule has 0 aliphatic rings. The van der Waals surface area contributed by atoms with E-state index in [1.807, 2.05) is 6.92 Å². The molecule has 0 spiro atoms. The molecule has 1 aromatic carbocycles. The van der Waals surface area contributed by atoms with Gasteiger partial charge in [-0.3, -0.25) is 19.7 Å².